The molecule has 2 atom stereocenters. The topological polar surface area (TPSA) is 58.6 Å². The van der Waals surface area contributed by atoms with Gasteiger partial charge in [0.1, 0.15) is 5.54 Å². The van der Waals surface area contributed by atoms with Crippen LogP contribution >= 0.6 is 0 Å². The van der Waals surface area contributed by atoms with Crippen LogP contribution in [0.25, 0.3) is 0 Å². The fourth-order valence-corrected chi connectivity index (χ4v) is 3.39. The van der Waals surface area contributed by atoms with E-state index < -0.39 is 5.54 Å². The van der Waals surface area contributed by atoms with Gasteiger partial charge < -0.3 is 15.0 Å². The number of piperazine rings is 1. The molecule has 5 heteroatoms. The molecule has 1 N–H and O–H groups in total. The van der Waals surface area contributed by atoms with Gasteiger partial charge in [0.2, 0.25) is 11.8 Å². The number of rotatable bonds is 3. The summed E-state index contributed by atoms with van der Waals surface area (Å²) in [6.45, 7) is 5.36. The Kier molecular flexibility index (Phi) is 2.85. The molecular weight excluding hydrogens is 244 g/mol. The van der Waals surface area contributed by atoms with Gasteiger partial charge in [-0.3, -0.25) is 9.59 Å². The lowest BCUT2D eigenvalue weighted by Gasteiger charge is -2.42. The van der Waals surface area contributed by atoms with Gasteiger partial charge in [0.05, 0.1) is 18.7 Å². The summed E-state index contributed by atoms with van der Waals surface area (Å²) in [6.07, 6.45) is 4.05. The van der Waals surface area contributed by atoms with Crippen molar-refractivity contribution in [2.45, 2.75) is 50.7 Å². The van der Waals surface area contributed by atoms with Crippen LogP contribution in [0.2, 0.25) is 0 Å². The first-order chi connectivity index (χ1) is 8.93. The first kappa shape index (κ1) is 12.9. The molecule has 2 saturated heterocycles. The highest BCUT2D eigenvalue weighted by Crippen LogP contribution is 2.42. The van der Waals surface area contributed by atoms with Crippen LogP contribution in [0.1, 0.15) is 39.5 Å². The van der Waals surface area contributed by atoms with Crippen LogP contribution in [0.3, 0.4) is 0 Å². The van der Waals surface area contributed by atoms with Crippen LogP contribution in [0.15, 0.2) is 0 Å². The van der Waals surface area contributed by atoms with E-state index in [1.165, 1.54) is 0 Å². The maximum Gasteiger partial charge on any atom is 0.248 e. The fourth-order valence-electron chi connectivity index (χ4n) is 3.39. The molecule has 3 fully saturated rings. The van der Waals surface area contributed by atoms with Gasteiger partial charge in [-0.15, -0.1) is 0 Å². The zero-order valence-electron chi connectivity index (χ0n) is 11.7. The molecule has 3 rings (SSSR count). The Hall–Kier alpha value is -1.10. The molecule has 2 aliphatic heterocycles. The largest absolute Gasteiger partial charge is 0.373 e. The number of nitrogens with one attached hydrogen (secondary N) is 1. The Morgan fingerprint density at radius 3 is 2.68 bits per heavy atom. The van der Waals surface area contributed by atoms with E-state index in [4.69, 9.17) is 4.74 Å². The summed E-state index contributed by atoms with van der Waals surface area (Å²) in [7, 11) is 0. The molecule has 0 bridgehead atoms. The Bertz CT molecular complexity index is 413. The zero-order chi connectivity index (χ0) is 13.7. The van der Waals surface area contributed by atoms with Crippen LogP contribution in [0.4, 0.5) is 0 Å². The lowest BCUT2D eigenvalue weighted by molar-refractivity contribution is -0.153. The summed E-state index contributed by atoms with van der Waals surface area (Å²) in [5, 5.41) is 2.90. The highest BCUT2D eigenvalue weighted by atomic mass is 16.5. The second-order valence-electron chi connectivity index (χ2n) is 6.59. The monoisotopic (exact) mass is 266 g/mol. The molecule has 2 unspecified atom stereocenters. The van der Waals surface area contributed by atoms with Crippen molar-refractivity contribution in [1.29, 1.82) is 0 Å². The molecule has 19 heavy (non-hydrogen) atoms. The van der Waals surface area contributed by atoms with Crippen LogP contribution in [0, 0.1) is 5.92 Å². The molecule has 0 aromatic rings. The lowest BCUT2D eigenvalue weighted by atomic mass is 9.90. The van der Waals surface area contributed by atoms with Crippen molar-refractivity contribution >= 4 is 11.8 Å². The third-order valence-corrected chi connectivity index (χ3v) is 4.68. The van der Waals surface area contributed by atoms with Crippen molar-refractivity contribution in [1.82, 2.24) is 10.2 Å². The Morgan fingerprint density at radius 2 is 2.11 bits per heavy atom. The summed E-state index contributed by atoms with van der Waals surface area (Å²) in [6, 6.07) is 0. The van der Waals surface area contributed by atoms with Crippen molar-refractivity contribution < 1.29 is 14.3 Å². The minimum absolute atomic E-state index is 0.0457. The molecule has 5 nitrogen and oxygen atoms in total. The second-order valence-corrected chi connectivity index (χ2v) is 6.59. The van der Waals surface area contributed by atoms with E-state index in [-0.39, 0.29) is 24.0 Å². The number of amides is 2. The van der Waals surface area contributed by atoms with E-state index in [1.807, 2.05) is 13.8 Å². The smallest absolute Gasteiger partial charge is 0.248 e. The van der Waals surface area contributed by atoms with Crippen molar-refractivity contribution in [3.8, 4) is 0 Å². The first-order valence-corrected chi connectivity index (χ1v) is 7.17. The SMILES string of the molecule is CC1(CN2CC(=O)NC(C)(C3CC3)C2=O)CCCO1. The van der Waals surface area contributed by atoms with Gasteiger partial charge in [-0.25, -0.2) is 0 Å². The number of hydrogen-bond acceptors (Lipinski definition) is 3. The van der Waals surface area contributed by atoms with Crippen molar-refractivity contribution in [3.05, 3.63) is 0 Å². The standard InChI is InChI=1S/C14H22N2O3/c1-13(6-3-7-19-13)9-16-8-11(17)15-14(2,12(16)18)10-4-5-10/h10H,3-9H2,1-2H3,(H,15,17). The third kappa shape index (κ3) is 2.24. The average molecular weight is 266 g/mol. The predicted octanol–water partition coefficient (Wildman–Crippen LogP) is 0.683. The Labute approximate surface area is 113 Å². The molecule has 0 aromatic heterocycles. The van der Waals surface area contributed by atoms with E-state index >= 15 is 0 Å². The third-order valence-electron chi connectivity index (χ3n) is 4.68. The van der Waals surface area contributed by atoms with E-state index in [2.05, 4.69) is 5.32 Å². The number of hydrogen-bond donors (Lipinski definition) is 1. The van der Waals surface area contributed by atoms with Gasteiger partial charge >= 0.3 is 0 Å². The Balaban J connectivity index is 1.76. The highest BCUT2D eigenvalue weighted by molar-refractivity contribution is 5.98. The molecule has 0 aromatic carbocycles. The van der Waals surface area contributed by atoms with E-state index in [1.54, 1.807) is 4.90 Å². The summed E-state index contributed by atoms with van der Waals surface area (Å²) >= 11 is 0. The average Bonchev–Trinajstić information content (AvgIpc) is 3.10. The van der Waals surface area contributed by atoms with Gasteiger partial charge in [0.25, 0.3) is 0 Å². The van der Waals surface area contributed by atoms with Gasteiger partial charge in [0, 0.05) is 6.61 Å². The quantitative estimate of drug-likeness (QED) is 0.817. The first-order valence-electron chi connectivity index (χ1n) is 7.17. The maximum atomic E-state index is 12.7. The lowest BCUT2D eigenvalue weighted by Crippen LogP contribution is -2.67. The van der Waals surface area contributed by atoms with Crippen molar-refractivity contribution in [2.24, 2.45) is 5.92 Å². The van der Waals surface area contributed by atoms with Gasteiger partial charge in [0.15, 0.2) is 0 Å². The summed E-state index contributed by atoms with van der Waals surface area (Å²) in [5.41, 5.74) is -0.970. The number of ether oxygens (including phenoxy) is 1. The molecule has 1 saturated carbocycles. The van der Waals surface area contributed by atoms with Crippen molar-refractivity contribution in [2.75, 3.05) is 19.7 Å². The van der Waals surface area contributed by atoms with Crippen LogP contribution in [-0.2, 0) is 14.3 Å². The second kappa shape index (κ2) is 4.20. The number of nitrogens with zero attached hydrogens (tertiary/aromatic N) is 1. The van der Waals surface area contributed by atoms with E-state index in [0.717, 1.165) is 32.3 Å². The minimum atomic E-state index is -0.690. The summed E-state index contributed by atoms with van der Waals surface area (Å²) in [5.74, 6) is 0.325. The maximum absolute atomic E-state index is 12.7. The van der Waals surface area contributed by atoms with Crippen LogP contribution < -0.4 is 5.32 Å². The van der Waals surface area contributed by atoms with Gasteiger partial charge in [-0.2, -0.15) is 0 Å². The van der Waals surface area contributed by atoms with Crippen molar-refractivity contribution in [3.63, 3.8) is 0 Å². The normalized spacial score (nSPS) is 39.6. The van der Waals surface area contributed by atoms with Crippen LogP contribution in [-0.4, -0.2) is 47.6 Å². The molecule has 1 aliphatic carbocycles. The molecule has 0 spiro atoms. The molecule has 106 valence electrons. The summed E-state index contributed by atoms with van der Waals surface area (Å²) in [4.78, 5) is 26.3. The minimum Gasteiger partial charge on any atom is -0.373 e. The van der Waals surface area contributed by atoms with E-state index in [9.17, 15) is 9.59 Å². The van der Waals surface area contributed by atoms with Crippen LogP contribution in [0.5, 0.6) is 0 Å². The number of carbonyl (C=O) groups is 2. The molecule has 3 aliphatic rings. The van der Waals surface area contributed by atoms with Gasteiger partial charge in [-0.1, -0.05) is 0 Å². The Morgan fingerprint density at radius 1 is 1.37 bits per heavy atom. The predicted molar refractivity (Wildman–Crippen MR) is 69.4 cm³/mol. The summed E-state index contributed by atoms with van der Waals surface area (Å²) < 4.78 is 5.75. The molecule has 2 amide bonds. The highest BCUT2D eigenvalue weighted by Gasteiger charge is 2.53. The fraction of sp³-hybridized carbons (Fsp3) is 0.857. The molecule has 0 radical (unpaired) electrons. The number of carbonyl (C=O) groups excluding carboxylic acids is 2. The van der Waals surface area contributed by atoms with E-state index in [0.29, 0.717) is 12.5 Å². The molecule has 2 heterocycles. The zero-order valence-corrected chi connectivity index (χ0v) is 11.7. The molecular formula is C14H22N2O3. The van der Waals surface area contributed by atoms with Gasteiger partial charge in [-0.05, 0) is 45.4 Å².